The molecule has 3 atom stereocenters. The zero-order chi connectivity index (χ0) is 15.4. The molecule has 1 fully saturated rings. The Balaban J connectivity index is 1.49. The highest BCUT2D eigenvalue weighted by molar-refractivity contribution is 5.11. The third-order valence-electron chi connectivity index (χ3n) is 4.08. The Bertz CT molecular complexity index is 572. The first-order chi connectivity index (χ1) is 10.7. The van der Waals surface area contributed by atoms with Gasteiger partial charge in [0.25, 0.3) is 0 Å². The van der Waals surface area contributed by atoms with Crippen LogP contribution in [0.1, 0.15) is 18.5 Å². The van der Waals surface area contributed by atoms with Crippen molar-refractivity contribution in [2.24, 2.45) is 5.92 Å². The molecule has 118 valence electrons. The zero-order valence-electron chi connectivity index (χ0n) is 12.6. The van der Waals surface area contributed by atoms with Crippen molar-refractivity contribution in [3.63, 3.8) is 0 Å². The molecule has 0 bridgehead atoms. The van der Waals surface area contributed by atoms with E-state index in [0.29, 0.717) is 18.3 Å². The number of hydrogen-bond acceptors (Lipinski definition) is 6. The van der Waals surface area contributed by atoms with Gasteiger partial charge in [-0.2, -0.15) is 10.2 Å². The van der Waals surface area contributed by atoms with Crippen molar-refractivity contribution >= 4 is 0 Å². The molecule has 0 spiro atoms. The van der Waals surface area contributed by atoms with Gasteiger partial charge in [-0.25, -0.2) is 0 Å². The van der Waals surface area contributed by atoms with E-state index >= 15 is 0 Å². The number of ether oxygens (including phenoxy) is 1. The maximum Gasteiger partial charge on any atom is 0.233 e. The van der Waals surface area contributed by atoms with Gasteiger partial charge < -0.3 is 15.2 Å². The van der Waals surface area contributed by atoms with E-state index in [9.17, 15) is 5.11 Å². The second-order valence-electron chi connectivity index (χ2n) is 5.69. The van der Waals surface area contributed by atoms with Crippen LogP contribution < -0.4 is 10.1 Å². The average molecular weight is 303 g/mol. The van der Waals surface area contributed by atoms with Crippen LogP contribution in [0, 0.1) is 5.92 Å². The van der Waals surface area contributed by atoms with E-state index in [1.54, 1.807) is 19.4 Å². The van der Waals surface area contributed by atoms with E-state index in [1.807, 2.05) is 23.0 Å². The van der Waals surface area contributed by atoms with Crippen LogP contribution in [-0.2, 0) is 13.1 Å². The standard InChI is InChI=1S/C15H21N5O2/c1-22-15-4-3-12(18-19-15)9-16-13-7-11(8-14(13)21)10-20-6-2-5-17-20/h2-6,11,13-14,16,21H,7-10H2,1H3/t11?,13-,14-/m1/s1. The number of methoxy groups -OCH3 is 1. The maximum absolute atomic E-state index is 10.2. The summed E-state index contributed by atoms with van der Waals surface area (Å²) in [4.78, 5) is 0. The molecular weight excluding hydrogens is 282 g/mol. The summed E-state index contributed by atoms with van der Waals surface area (Å²) in [7, 11) is 1.57. The van der Waals surface area contributed by atoms with Crippen molar-refractivity contribution in [3.8, 4) is 5.88 Å². The van der Waals surface area contributed by atoms with E-state index in [2.05, 4.69) is 20.6 Å². The van der Waals surface area contributed by atoms with Gasteiger partial charge in [-0.3, -0.25) is 4.68 Å². The van der Waals surface area contributed by atoms with Crippen LogP contribution >= 0.6 is 0 Å². The molecule has 2 N–H and O–H groups in total. The second-order valence-corrected chi connectivity index (χ2v) is 5.69. The molecule has 1 aliphatic rings. The van der Waals surface area contributed by atoms with Crippen LogP contribution in [-0.4, -0.2) is 44.3 Å². The Labute approximate surface area is 129 Å². The fraction of sp³-hybridized carbons (Fsp3) is 0.533. The summed E-state index contributed by atoms with van der Waals surface area (Å²) in [6.45, 7) is 1.44. The van der Waals surface area contributed by atoms with Gasteiger partial charge in [-0.1, -0.05) is 0 Å². The number of aliphatic hydroxyl groups is 1. The Morgan fingerprint density at radius 2 is 2.27 bits per heavy atom. The predicted octanol–water partition coefficient (Wildman–Crippen LogP) is 0.611. The summed E-state index contributed by atoms with van der Waals surface area (Å²) in [5.74, 6) is 0.943. The lowest BCUT2D eigenvalue weighted by atomic mass is 10.1. The van der Waals surface area contributed by atoms with Gasteiger partial charge in [-0.05, 0) is 30.9 Å². The molecule has 1 unspecified atom stereocenters. The van der Waals surface area contributed by atoms with Crippen molar-refractivity contribution in [1.82, 2.24) is 25.3 Å². The SMILES string of the molecule is COc1ccc(CN[C@@H]2CC(Cn3cccn3)C[C@H]2O)nn1. The molecule has 0 aromatic carbocycles. The van der Waals surface area contributed by atoms with E-state index in [4.69, 9.17) is 4.74 Å². The van der Waals surface area contributed by atoms with Crippen LogP contribution in [0.3, 0.4) is 0 Å². The summed E-state index contributed by atoms with van der Waals surface area (Å²) in [5, 5.41) is 25.8. The van der Waals surface area contributed by atoms with E-state index in [-0.39, 0.29) is 12.1 Å². The van der Waals surface area contributed by atoms with Gasteiger partial charge in [0, 0.05) is 37.6 Å². The number of aromatic nitrogens is 4. The molecule has 0 amide bonds. The minimum Gasteiger partial charge on any atom is -0.480 e. The third kappa shape index (κ3) is 3.61. The van der Waals surface area contributed by atoms with Crippen molar-refractivity contribution in [2.45, 2.75) is 38.1 Å². The molecule has 7 heteroatoms. The molecule has 7 nitrogen and oxygen atoms in total. The van der Waals surface area contributed by atoms with Crippen molar-refractivity contribution in [1.29, 1.82) is 0 Å². The summed E-state index contributed by atoms with van der Waals surface area (Å²) >= 11 is 0. The molecule has 2 heterocycles. The fourth-order valence-corrected chi connectivity index (χ4v) is 2.95. The monoisotopic (exact) mass is 303 g/mol. The van der Waals surface area contributed by atoms with Crippen molar-refractivity contribution in [2.75, 3.05) is 7.11 Å². The van der Waals surface area contributed by atoms with E-state index < -0.39 is 0 Å². The van der Waals surface area contributed by atoms with Crippen LogP contribution in [0.15, 0.2) is 30.6 Å². The molecule has 2 aromatic rings. The fourth-order valence-electron chi connectivity index (χ4n) is 2.95. The van der Waals surface area contributed by atoms with Gasteiger partial charge in [0.05, 0.1) is 18.9 Å². The molecule has 2 aromatic heterocycles. The summed E-state index contributed by atoms with van der Waals surface area (Å²) < 4.78 is 6.91. The Hall–Kier alpha value is -1.99. The lowest BCUT2D eigenvalue weighted by Gasteiger charge is -2.16. The third-order valence-corrected chi connectivity index (χ3v) is 4.08. The molecular formula is C15H21N5O2. The van der Waals surface area contributed by atoms with Crippen LogP contribution in [0.5, 0.6) is 5.88 Å². The number of rotatable bonds is 6. The normalized spacial score (nSPS) is 24.5. The second kappa shape index (κ2) is 6.85. The first-order valence-corrected chi connectivity index (χ1v) is 7.50. The number of nitrogens with zero attached hydrogens (tertiary/aromatic N) is 4. The molecule has 3 rings (SSSR count). The highest BCUT2D eigenvalue weighted by atomic mass is 16.5. The highest BCUT2D eigenvalue weighted by Crippen LogP contribution is 2.27. The Morgan fingerprint density at radius 1 is 1.36 bits per heavy atom. The van der Waals surface area contributed by atoms with Gasteiger partial charge in [0.15, 0.2) is 0 Å². The predicted molar refractivity (Wildman–Crippen MR) is 80.2 cm³/mol. The molecule has 1 aliphatic carbocycles. The topological polar surface area (TPSA) is 85.1 Å². The number of hydrogen-bond donors (Lipinski definition) is 2. The lowest BCUT2D eigenvalue weighted by Crippen LogP contribution is -2.35. The largest absolute Gasteiger partial charge is 0.480 e. The van der Waals surface area contributed by atoms with E-state index in [1.165, 1.54) is 0 Å². The van der Waals surface area contributed by atoms with Crippen LogP contribution in [0.4, 0.5) is 0 Å². The molecule has 0 aliphatic heterocycles. The van der Waals surface area contributed by atoms with Gasteiger partial charge in [0.1, 0.15) is 0 Å². The molecule has 1 saturated carbocycles. The minimum atomic E-state index is -0.327. The average Bonchev–Trinajstić information content (AvgIpc) is 3.16. The first kappa shape index (κ1) is 14.9. The summed E-state index contributed by atoms with van der Waals surface area (Å²) in [6.07, 6.45) is 5.15. The van der Waals surface area contributed by atoms with Crippen LogP contribution in [0.2, 0.25) is 0 Å². The van der Waals surface area contributed by atoms with Crippen molar-refractivity contribution < 1.29 is 9.84 Å². The summed E-state index contributed by atoms with van der Waals surface area (Å²) in [6, 6.07) is 5.67. The maximum atomic E-state index is 10.2. The van der Waals surface area contributed by atoms with Crippen LogP contribution in [0.25, 0.3) is 0 Å². The van der Waals surface area contributed by atoms with Gasteiger partial charge >= 0.3 is 0 Å². The Morgan fingerprint density at radius 3 is 2.95 bits per heavy atom. The molecule has 0 saturated heterocycles. The Kier molecular flexibility index (Phi) is 4.65. The molecule has 22 heavy (non-hydrogen) atoms. The minimum absolute atomic E-state index is 0.0875. The summed E-state index contributed by atoms with van der Waals surface area (Å²) in [5.41, 5.74) is 0.837. The first-order valence-electron chi connectivity index (χ1n) is 7.50. The number of aliphatic hydroxyl groups excluding tert-OH is 1. The van der Waals surface area contributed by atoms with Crippen molar-refractivity contribution in [3.05, 3.63) is 36.3 Å². The van der Waals surface area contributed by atoms with E-state index in [0.717, 1.165) is 25.1 Å². The quantitative estimate of drug-likeness (QED) is 0.813. The van der Waals surface area contributed by atoms with Gasteiger partial charge in [0.2, 0.25) is 5.88 Å². The molecule has 0 radical (unpaired) electrons. The lowest BCUT2D eigenvalue weighted by molar-refractivity contribution is 0.145. The number of nitrogens with one attached hydrogen (secondary N) is 1. The zero-order valence-corrected chi connectivity index (χ0v) is 12.6. The van der Waals surface area contributed by atoms with Gasteiger partial charge in [-0.15, -0.1) is 5.10 Å². The highest BCUT2D eigenvalue weighted by Gasteiger charge is 2.32. The smallest absolute Gasteiger partial charge is 0.233 e.